The van der Waals surface area contributed by atoms with E-state index in [0.717, 1.165) is 68.6 Å². The second-order valence-corrected chi connectivity index (χ2v) is 11.1. The van der Waals surface area contributed by atoms with E-state index < -0.39 is 5.60 Å². The Labute approximate surface area is 203 Å². The van der Waals surface area contributed by atoms with Gasteiger partial charge in [-0.3, -0.25) is 9.69 Å². The van der Waals surface area contributed by atoms with Gasteiger partial charge in [-0.1, -0.05) is 0 Å². The summed E-state index contributed by atoms with van der Waals surface area (Å²) >= 11 is 0. The predicted octanol–water partition coefficient (Wildman–Crippen LogP) is 4.45. The van der Waals surface area contributed by atoms with Crippen LogP contribution in [0, 0.1) is 5.92 Å². The molecule has 3 heterocycles. The minimum Gasteiger partial charge on any atom is -0.444 e. The molecule has 0 radical (unpaired) electrons. The molecule has 0 spiro atoms. The highest BCUT2D eigenvalue weighted by molar-refractivity contribution is 5.98. The number of carbonyl (C=O) groups excluding carboxylic acids is 2. The van der Waals surface area contributed by atoms with Crippen LogP contribution in [0.15, 0.2) is 30.5 Å². The molecule has 2 aromatic rings. The largest absolute Gasteiger partial charge is 0.444 e. The molecule has 1 aromatic carbocycles. The van der Waals surface area contributed by atoms with Crippen molar-refractivity contribution < 1.29 is 14.3 Å². The summed E-state index contributed by atoms with van der Waals surface area (Å²) in [5.41, 5.74) is 1.42. The molecule has 1 atom stereocenters. The molecule has 0 aliphatic carbocycles. The molecule has 2 amide bonds. The highest BCUT2D eigenvalue weighted by atomic mass is 16.6. The van der Waals surface area contributed by atoms with Gasteiger partial charge < -0.3 is 19.1 Å². The summed E-state index contributed by atoms with van der Waals surface area (Å²) in [4.78, 5) is 31.9. The van der Waals surface area contributed by atoms with Crippen molar-refractivity contribution >= 4 is 22.9 Å². The lowest BCUT2D eigenvalue weighted by Gasteiger charge is -2.37. The van der Waals surface area contributed by atoms with Gasteiger partial charge in [0.05, 0.1) is 0 Å². The topological polar surface area (TPSA) is 58.0 Å². The number of fused-ring (bicyclic) bond motifs is 1. The molecule has 0 saturated carbocycles. The van der Waals surface area contributed by atoms with Gasteiger partial charge in [0, 0.05) is 74.5 Å². The molecule has 7 nitrogen and oxygen atoms in total. The number of carbonyl (C=O) groups is 2. The Morgan fingerprint density at radius 2 is 1.76 bits per heavy atom. The third-order valence-corrected chi connectivity index (χ3v) is 6.98. The van der Waals surface area contributed by atoms with E-state index in [1.807, 2.05) is 42.7 Å². The van der Waals surface area contributed by atoms with Crippen molar-refractivity contribution in [3.8, 4) is 0 Å². The summed E-state index contributed by atoms with van der Waals surface area (Å²) in [6, 6.07) is 8.67. The number of nitrogens with zero attached hydrogens (tertiary/aromatic N) is 4. The van der Waals surface area contributed by atoms with Gasteiger partial charge in [-0.15, -0.1) is 0 Å². The maximum absolute atomic E-state index is 13.1. The number of hydrogen-bond acceptors (Lipinski definition) is 4. The van der Waals surface area contributed by atoms with Crippen LogP contribution in [0.25, 0.3) is 10.9 Å². The zero-order chi connectivity index (χ0) is 24.5. The van der Waals surface area contributed by atoms with Crippen LogP contribution in [0.1, 0.15) is 57.8 Å². The Kier molecular flexibility index (Phi) is 7.22. The number of likely N-dealkylation sites (tertiary alicyclic amines) is 1. The third-order valence-electron chi connectivity index (χ3n) is 6.98. The number of hydrogen-bond donors (Lipinski definition) is 0. The van der Waals surface area contributed by atoms with Gasteiger partial charge in [0.15, 0.2) is 0 Å². The van der Waals surface area contributed by atoms with Gasteiger partial charge in [0.2, 0.25) is 0 Å². The second kappa shape index (κ2) is 9.98. The molecule has 2 aliphatic heterocycles. The zero-order valence-corrected chi connectivity index (χ0v) is 21.4. The SMILES string of the molecule is CC(C)N1CCN(C(=O)c2ccc3c(ccn3C[C@H]3CCCN(C(=O)OC(C)(C)C)C3)c2)CC1. The van der Waals surface area contributed by atoms with Gasteiger partial charge in [-0.05, 0) is 77.6 Å². The summed E-state index contributed by atoms with van der Waals surface area (Å²) in [7, 11) is 0. The highest BCUT2D eigenvalue weighted by Gasteiger charge is 2.28. The molecule has 2 aliphatic rings. The number of piperazine rings is 1. The Bertz CT molecular complexity index is 1010. The molecular weight excluding hydrogens is 428 g/mol. The van der Waals surface area contributed by atoms with Gasteiger partial charge in [-0.2, -0.15) is 0 Å². The van der Waals surface area contributed by atoms with E-state index in [1.54, 1.807) is 0 Å². The van der Waals surface area contributed by atoms with Crippen molar-refractivity contribution in [1.82, 2.24) is 19.3 Å². The molecule has 186 valence electrons. The first-order valence-electron chi connectivity index (χ1n) is 12.7. The summed E-state index contributed by atoms with van der Waals surface area (Å²) in [5.74, 6) is 0.508. The second-order valence-electron chi connectivity index (χ2n) is 11.1. The van der Waals surface area contributed by atoms with Crippen LogP contribution in [0.4, 0.5) is 4.79 Å². The lowest BCUT2D eigenvalue weighted by molar-refractivity contribution is 0.0157. The van der Waals surface area contributed by atoms with Crippen LogP contribution in [-0.4, -0.2) is 82.2 Å². The van der Waals surface area contributed by atoms with E-state index >= 15 is 0 Å². The monoisotopic (exact) mass is 468 g/mol. The quantitative estimate of drug-likeness (QED) is 0.665. The van der Waals surface area contributed by atoms with E-state index in [4.69, 9.17) is 4.74 Å². The first-order chi connectivity index (χ1) is 16.1. The van der Waals surface area contributed by atoms with Gasteiger partial charge in [0.1, 0.15) is 5.60 Å². The molecule has 0 N–H and O–H groups in total. The van der Waals surface area contributed by atoms with Crippen LogP contribution in [0.2, 0.25) is 0 Å². The zero-order valence-electron chi connectivity index (χ0n) is 21.4. The Morgan fingerprint density at radius 3 is 2.44 bits per heavy atom. The maximum atomic E-state index is 13.1. The highest BCUT2D eigenvalue weighted by Crippen LogP contribution is 2.25. The normalized spacial score (nSPS) is 20.2. The molecule has 2 fully saturated rings. The van der Waals surface area contributed by atoms with Gasteiger partial charge in [-0.25, -0.2) is 4.79 Å². The average molecular weight is 469 g/mol. The average Bonchev–Trinajstić information content (AvgIpc) is 3.19. The van der Waals surface area contributed by atoms with E-state index in [1.165, 1.54) is 0 Å². The predicted molar refractivity (Wildman–Crippen MR) is 135 cm³/mol. The Morgan fingerprint density at radius 1 is 1.03 bits per heavy atom. The van der Waals surface area contributed by atoms with Gasteiger partial charge >= 0.3 is 6.09 Å². The summed E-state index contributed by atoms with van der Waals surface area (Å²) in [5, 5.41) is 1.09. The fourth-order valence-corrected chi connectivity index (χ4v) is 5.10. The van der Waals surface area contributed by atoms with Crippen LogP contribution >= 0.6 is 0 Å². The number of amides is 2. The maximum Gasteiger partial charge on any atom is 0.410 e. The first kappa shape index (κ1) is 24.6. The number of rotatable bonds is 4. The van der Waals surface area contributed by atoms with Crippen LogP contribution in [-0.2, 0) is 11.3 Å². The number of benzene rings is 1. The fraction of sp³-hybridized carbons (Fsp3) is 0.630. The van der Waals surface area contributed by atoms with Crippen molar-refractivity contribution in [2.75, 3.05) is 39.3 Å². The molecule has 1 aromatic heterocycles. The first-order valence-corrected chi connectivity index (χ1v) is 12.7. The summed E-state index contributed by atoms with van der Waals surface area (Å²) < 4.78 is 7.83. The molecule has 4 rings (SSSR count). The molecule has 0 bridgehead atoms. The molecule has 34 heavy (non-hydrogen) atoms. The smallest absolute Gasteiger partial charge is 0.410 e. The fourth-order valence-electron chi connectivity index (χ4n) is 5.10. The lowest BCUT2D eigenvalue weighted by atomic mass is 9.98. The van der Waals surface area contributed by atoms with E-state index in [-0.39, 0.29) is 12.0 Å². The van der Waals surface area contributed by atoms with Crippen LogP contribution in [0.5, 0.6) is 0 Å². The third kappa shape index (κ3) is 5.74. The molecule has 0 unspecified atom stereocenters. The molecular formula is C27H40N4O3. The summed E-state index contributed by atoms with van der Waals surface area (Å²) in [6.07, 6.45) is 3.98. The standard InChI is InChI=1S/C27H40N4O3/c1-20(2)28-13-15-29(16-14-28)25(32)23-8-9-24-22(17-23)10-12-30(24)18-21-7-6-11-31(19-21)26(33)34-27(3,4)5/h8-10,12,17,20-21H,6-7,11,13-16,18-19H2,1-5H3/t21-/m1/s1. The van der Waals surface area contributed by atoms with Crippen molar-refractivity contribution in [3.05, 3.63) is 36.0 Å². The minimum absolute atomic E-state index is 0.123. The van der Waals surface area contributed by atoms with Crippen molar-refractivity contribution in [1.29, 1.82) is 0 Å². The Hall–Kier alpha value is -2.54. The number of piperidine rings is 1. The van der Waals surface area contributed by atoms with Crippen LogP contribution in [0.3, 0.4) is 0 Å². The lowest BCUT2D eigenvalue weighted by Crippen LogP contribution is -2.50. The molecule has 2 saturated heterocycles. The summed E-state index contributed by atoms with van der Waals surface area (Å²) in [6.45, 7) is 15.9. The van der Waals surface area contributed by atoms with Gasteiger partial charge in [0.25, 0.3) is 5.91 Å². The minimum atomic E-state index is -0.474. The molecule has 7 heteroatoms. The van der Waals surface area contributed by atoms with E-state index in [2.05, 4.69) is 41.6 Å². The van der Waals surface area contributed by atoms with Crippen molar-refractivity contribution in [2.45, 2.75) is 65.6 Å². The van der Waals surface area contributed by atoms with Crippen molar-refractivity contribution in [2.24, 2.45) is 5.92 Å². The van der Waals surface area contributed by atoms with Crippen molar-refractivity contribution in [3.63, 3.8) is 0 Å². The Balaban J connectivity index is 1.39. The van der Waals surface area contributed by atoms with E-state index in [9.17, 15) is 9.59 Å². The number of aromatic nitrogens is 1. The van der Waals surface area contributed by atoms with Crippen LogP contribution < -0.4 is 0 Å². The van der Waals surface area contributed by atoms with E-state index in [0.29, 0.717) is 18.5 Å². The number of ether oxygens (including phenoxy) is 1.